The topological polar surface area (TPSA) is 41.9 Å². The molecule has 2 fully saturated rings. The Morgan fingerprint density at radius 2 is 2.00 bits per heavy atom. The van der Waals surface area contributed by atoms with E-state index in [1.165, 1.54) is 17.5 Å². The van der Waals surface area contributed by atoms with Gasteiger partial charge in [0.05, 0.1) is 6.10 Å². The van der Waals surface area contributed by atoms with Gasteiger partial charge in [-0.3, -0.25) is 0 Å². The average molecular weight is 402 g/mol. The van der Waals surface area contributed by atoms with Crippen molar-refractivity contribution in [2.75, 3.05) is 13.6 Å². The van der Waals surface area contributed by atoms with Gasteiger partial charge in [-0.15, -0.1) is 0 Å². The molecule has 1 aromatic carbocycles. The van der Waals surface area contributed by atoms with Gasteiger partial charge in [-0.2, -0.15) is 0 Å². The van der Waals surface area contributed by atoms with Crippen molar-refractivity contribution in [3.8, 4) is 11.5 Å². The summed E-state index contributed by atoms with van der Waals surface area (Å²) in [4.78, 5) is 2.57. The van der Waals surface area contributed by atoms with Crippen LogP contribution in [0.1, 0.15) is 51.2 Å². The summed E-state index contributed by atoms with van der Waals surface area (Å²) in [5.74, 6) is 1.68. The lowest BCUT2D eigenvalue weighted by Crippen LogP contribution is -2.67. The van der Waals surface area contributed by atoms with E-state index in [-0.39, 0.29) is 22.7 Å². The first-order valence-electron chi connectivity index (χ1n) is 11.0. The summed E-state index contributed by atoms with van der Waals surface area (Å²) in [5, 5.41) is 10.8. The van der Waals surface area contributed by atoms with E-state index in [2.05, 4.69) is 51.9 Å². The van der Waals surface area contributed by atoms with Gasteiger partial charge >= 0.3 is 0 Å². The number of likely N-dealkylation sites (N-methyl/N-ethyl adjacent to an activating group) is 1. The van der Waals surface area contributed by atoms with Gasteiger partial charge in [-0.1, -0.05) is 26.8 Å². The molecule has 1 saturated carbocycles. The molecule has 2 aliphatic carbocycles. The molecule has 0 amide bonds. The number of phenols is 1. The number of hydrogen-bond acceptors (Lipinski definition) is 4. The van der Waals surface area contributed by atoms with Crippen LogP contribution >= 0.6 is 0 Å². The summed E-state index contributed by atoms with van der Waals surface area (Å²) in [6.45, 7) is 12.7. The van der Waals surface area contributed by atoms with Gasteiger partial charge in [0.2, 0.25) is 0 Å². The lowest BCUT2D eigenvalue weighted by Gasteiger charge is -2.59. The molecule has 0 aromatic heterocycles. The number of ether oxygens (including phenoxy) is 1. The number of rotatable bonds is 2. The van der Waals surface area contributed by atoms with Gasteiger partial charge in [0.1, 0.15) is 6.10 Å². The quantitative estimate of drug-likeness (QED) is 0.744. The van der Waals surface area contributed by atoms with Crippen LogP contribution in [0.3, 0.4) is 0 Å². The maximum atomic E-state index is 10.6. The monoisotopic (exact) mass is 401 g/mol. The van der Waals surface area contributed by atoms with E-state index in [9.17, 15) is 5.11 Å². The molecule has 5 heteroatoms. The summed E-state index contributed by atoms with van der Waals surface area (Å²) in [7, 11) is 0.387. The highest BCUT2D eigenvalue weighted by atomic mass is 28.4. The van der Waals surface area contributed by atoms with E-state index >= 15 is 0 Å². The minimum atomic E-state index is -1.90. The molecule has 1 spiro atoms. The summed E-state index contributed by atoms with van der Waals surface area (Å²) >= 11 is 0. The van der Waals surface area contributed by atoms with E-state index in [0.717, 1.165) is 31.6 Å². The second-order valence-corrected chi connectivity index (χ2v) is 15.9. The van der Waals surface area contributed by atoms with Gasteiger partial charge in [-0.25, -0.2) is 0 Å². The average Bonchev–Trinajstić information content (AvgIpc) is 2.96. The summed E-state index contributed by atoms with van der Waals surface area (Å²) in [6.07, 6.45) is 4.62. The van der Waals surface area contributed by atoms with E-state index in [4.69, 9.17) is 9.16 Å². The Kier molecular flexibility index (Phi) is 3.90. The second kappa shape index (κ2) is 5.76. The molecule has 1 aromatic rings. The largest absolute Gasteiger partial charge is 0.504 e. The molecule has 154 valence electrons. The van der Waals surface area contributed by atoms with Crippen molar-refractivity contribution in [2.24, 2.45) is 5.92 Å². The standard InChI is InChI=1S/C23H35NO3Si/c1-22(2,3)28(5,6)27-18-10-8-15-16-13-14-7-9-17(25)20-19(14)23(15,21(18)26-20)11-12-24(16)4/h7,9,15-16,18,21,25H,8,10-13H2,1-6H3/t15-,16+,18+,21-,23-/m1/s1. The fraction of sp³-hybridized carbons (Fsp3) is 0.739. The molecular weight excluding hydrogens is 366 g/mol. The number of likely N-dealkylation sites (tertiary alicyclic amines) is 1. The van der Waals surface area contributed by atoms with Crippen LogP contribution in [0, 0.1) is 5.92 Å². The second-order valence-electron chi connectivity index (χ2n) is 11.1. The predicted octanol–water partition coefficient (Wildman–Crippen LogP) is 4.45. The van der Waals surface area contributed by atoms with Crippen LogP contribution in [0.2, 0.25) is 18.1 Å². The minimum absolute atomic E-state index is 0.0180. The fourth-order valence-electron chi connectivity index (χ4n) is 6.37. The van der Waals surface area contributed by atoms with Crippen LogP contribution in [0.15, 0.2) is 12.1 Å². The van der Waals surface area contributed by atoms with E-state index < -0.39 is 8.32 Å². The van der Waals surface area contributed by atoms with Crippen LogP contribution < -0.4 is 4.74 Å². The molecule has 5 atom stereocenters. The Bertz CT molecular complexity index is 817. The number of phenolic OH excluding ortho intramolecular Hbond substituents is 1. The first-order chi connectivity index (χ1) is 13.1. The highest BCUT2D eigenvalue weighted by Gasteiger charge is 2.66. The maximum absolute atomic E-state index is 10.6. The molecule has 4 nitrogen and oxygen atoms in total. The molecular formula is C23H35NO3Si. The third kappa shape index (κ3) is 2.30. The number of benzene rings is 1. The van der Waals surface area contributed by atoms with Crippen LogP contribution in [0.4, 0.5) is 0 Å². The fourth-order valence-corrected chi connectivity index (χ4v) is 7.72. The van der Waals surface area contributed by atoms with Crippen LogP contribution in [0.5, 0.6) is 11.5 Å². The molecule has 28 heavy (non-hydrogen) atoms. The lowest BCUT2D eigenvalue weighted by molar-refractivity contribution is -0.0948. The molecule has 0 unspecified atom stereocenters. The van der Waals surface area contributed by atoms with Gasteiger partial charge in [0.25, 0.3) is 0 Å². The number of aromatic hydroxyl groups is 1. The molecule has 2 aliphatic heterocycles. The normalized spacial score (nSPS) is 36.8. The summed E-state index contributed by atoms with van der Waals surface area (Å²) in [6, 6.07) is 4.56. The summed E-state index contributed by atoms with van der Waals surface area (Å²) < 4.78 is 13.6. The molecule has 5 rings (SSSR count). The minimum Gasteiger partial charge on any atom is -0.504 e. The highest BCUT2D eigenvalue weighted by molar-refractivity contribution is 6.74. The van der Waals surface area contributed by atoms with Gasteiger partial charge < -0.3 is 19.2 Å². The molecule has 2 heterocycles. The molecule has 1 saturated heterocycles. The van der Waals surface area contributed by atoms with Crippen LogP contribution in [-0.2, 0) is 16.3 Å². The number of hydrogen-bond donors (Lipinski definition) is 1. The van der Waals surface area contributed by atoms with E-state index in [1.807, 2.05) is 6.07 Å². The van der Waals surface area contributed by atoms with E-state index in [1.54, 1.807) is 0 Å². The zero-order valence-corrected chi connectivity index (χ0v) is 19.2. The summed E-state index contributed by atoms with van der Waals surface area (Å²) in [5.41, 5.74) is 2.73. The van der Waals surface area contributed by atoms with Crippen molar-refractivity contribution in [3.05, 3.63) is 23.3 Å². The van der Waals surface area contributed by atoms with Crippen molar-refractivity contribution in [1.82, 2.24) is 4.90 Å². The number of piperidine rings is 1. The van der Waals surface area contributed by atoms with Crippen LogP contribution in [0.25, 0.3) is 0 Å². The van der Waals surface area contributed by atoms with Crippen molar-refractivity contribution >= 4 is 8.32 Å². The highest BCUT2D eigenvalue weighted by Crippen LogP contribution is 2.64. The molecule has 1 N–H and O–H groups in total. The third-order valence-electron chi connectivity index (χ3n) is 8.79. The maximum Gasteiger partial charge on any atom is 0.192 e. The first-order valence-corrected chi connectivity index (χ1v) is 13.9. The van der Waals surface area contributed by atoms with Crippen molar-refractivity contribution in [2.45, 2.75) is 88.3 Å². The van der Waals surface area contributed by atoms with Crippen LogP contribution in [-0.4, -0.2) is 50.2 Å². The SMILES string of the molecule is CN1CC[C@@]23c4c5ccc(O)c4O[C@@H]2[C@@H](O[Si](C)(C)C(C)(C)C)CC[C@@H]3[C@@H]1C5. The van der Waals surface area contributed by atoms with Gasteiger partial charge in [0.15, 0.2) is 19.8 Å². The lowest BCUT2D eigenvalue weighted by atomic mass is 9.51. The Labute approximate surface area is 170 Å². The Morgan fingerprint density at radius 1 is 1.25 bits per heavy atom. The van der Waals surface area contributed by atoms with Gasteiger partial charge in [-0.05, 0) is 75.0 Å². The smallest absolute Gasteiger partial charge is 0.192 e. The zero-order chi connectivity index (χ0) is 20.1. The van der Waals surface area contributed by atoms with Crippen molar-refractivity contribution in [3.63, 3.8) is 0 Å². The Hall–Kier alpha value is -1.04. The first kappa shape index (κ1) is 19.0. The Balaban J connectivity index is 1.61. The van der Waals surface area contributed by atoms with Gasteiger partial charge in [0, 0.05) is 17.0 Å². The third-order valence-corrected chi connectivity index (χ3v) is 13.3. The Morgan fingerprint density at radius 3 is 2.71 bits per heavy atom. The predicted molar refractivity (Wildman–Crippen MR) is 114 cm³/mol. The molecule has 0 radical (unpaired) electrons. The van der Waals surface area contributed by atoms with Crippen molar-refractivity contribution < 1.29 is 14.3 Å². The zero-order valence-electron chi connectivity index (χ0n) is 18.2. The van der Waals surface area contributed by atoms with E-state index in [0.29, 0.717) is 17.7 Å². The number of nitrogens with zero attached hydrogens (tertiary/aromatic N) is 1. The molecule has 4 aliphatic rings. The van der Waals surface area contributed by atoms with Crippen molar-refractivity contribution in [1.29, 1.82) is 0 Å². The molecule has 2 bridgehead atoms.